The third kappa shape index (κ3) is 3.13. The molecule has 5 heteroatoms. The van der Waals surface area contributed by atoms with Gasteiger partial charge in [0.15, 0.2) is 0 Å². The summed E-state index contributed by atoms with van der Waals surface area (Å²) < 4.78 is 5.87. The zero-order chi connectivity index (χ0) is 19.9. The van der Waals surface area contributed by atoms with E-state index < -0.39 is 5.41 Å². The summed E-state index contributed by atoms with van der Waals surface area (Å²) in [4.78, 5) is 30.3. The van der Waals surface area contributed by atoms with Gasteiger partial charge >= 0.3 is 0 Å². The SMILES string of the molecule is Cc1cc(C(=O)N2CC[C@@]3(CCCN(C(C)C)C3=O)C2)c(-c2ccccc2)o1. The number of benzene rings is 1. The predicted octanol–water partition coefficient (Wildman–Crippen LogP) is 4.12. The Bertz CT molecular complexity index is 887. The number of hydrogen-bond donors (Lipinski definition) is 0. The first-order valence-corrected chi connectivity index (χ1v) is 10.2. The number of amides is 2. The molecule has 148 valence electrons. The highest BCUT2D eigenvalue weighted by molar-refractivity contribution is 6.00. The van der Waals surface area contributed by atoms with Gasteiger partial charge in [0, 0.05) is 31.2 Å². The Balaban J connectivity index is 1.59. The Morgan fingerprint density at radius 2 is 1.89 bits per heavy atom. The normalized spacial score (nSPS) is 22.5. The minimum atomic E-state index is -0.413. The number of carbonyl (C=O) groups excluding carboxylic acids is 2. The van der Waals surface area contributed by atoms with Crippen LogP contribution in [0, 0.1) is 12.3 Å². The summed E-state index contributed by atoms with van der Waals surface area (Å²) >= 11 is 0. The predicted molar refractivity (Wildman–Crippen MR) is 108 cm³/mol. The molecule has 2 amide bonds. The molecule has 4 rings (SSSR count). The lowest BCUT2D eigenvalue weighted by Crippen LogP contribution is -2.52. The van der Waals surface area contributed by atoms with Gasteiger partial charge in [0.1, 0.15) is 11.5 Å². The Morgan fingerprint density at radius 3 is 2.61 bits per heavy atom. The summed E-state index contributed by atoms with van der Waals surface area (Å²) in [5, 5.41) is 0. The third-order valence-corrected chi connectivity index (χ3v) is 6.15. The van der Waals surface area contributed by atoms with Crippen molar-refractivity contribution in [2.45, 2.75) is 46.1 Å². The number of aryl methyl sites for hydroxylation is 1. The second kappa shape index (κ2) is 7.12. The van der Waals surface area contributed by atoms with Crippen molar-refractivity contribution in [2.75, 3.05) is 19.6 Å². The molecule has 1 atom stereocenters. The summed E-state index contributed by atoms with van der Waals surface area (Å²) in [7, 11) is 0. The Hall–Kier alpha value is -2.56. The number of nitrogens with zero attached hydrogens (tertiary/aromatic N) is 2. The molecule has 3 heterocycles. The third-order valence-electron chi connectivity index (χ3n) is 6.15. The van der Waals surface area contributed by atoms with Crippen LogP contribution in [0.15, 0.2) is 40.8 Å². The first-order valence-electron chi connectivity index (χ1n) is 10.2. The molecule has 5 nitrogen and oxygen atoms in total. The molecular formula is C23H28N2O3. The topological polar surface area (TPSA) is 53.8 Å². The molecule has 28 heavy (non-hydrogen) atoms. The molecule has 0 unspecified atom stereocenters. The molecule has 0 bridgehead atoms. The molecule has 1 aromatic heterocycles. The van der Waals surface area contributed by atoms with E-state index in [0.29, 0.717) is 24.4 Å². The monoisotopic (exact) mass is 380 g/mol. The molecule has 1 spiro atoms. The molecule has 1 aromatic carbocycles. The van der Waals surface area contributed by atoms with Crippen molar-refractivity contribution in [1.82, 2.24) is 9.80 Å². The molecule has 0 aliphatic carbocycles. The lowest BCUT2D eigenvalue weighted by atomic mass is 9.78. The fourth-order valence-corrected chi connectivity index (χ4v) is 4.67. The smallest absolute Gasteiger partial charge is 0.257 e. The summed E-state index contributed by atoms with van der Waals surface area (Å²) in [5.41, 5.74) is 1.07. The summed E-state index contributed by atoms with van der Waals surface area (Å²) in [5.74, 6) is 1.51. The van der Waals surface area contributed by atoms with Crippen molar-refractivity contribution < 1.29 is 14.0 Å². The lowest BCUT2D eigenvalue weighted by Gasteiger charge is -2.41. The van der Waals surface area contributed by atoms with Crippen molar-refractivity contribution in [2.24, 2.45) is 5.41 Å². The summed E-state index contributed by atoms with van der Waals surface area (Å²) in [6, 6.07) is 11.7. The van der Waals surface area contributed by atoms with Gasteiger partial charge in [-0.25, -0.2) is 0 Å². The van der Waals surface area contributed by atoms with Crippen molar-refractivity contribution in [3.05, 3.63) is 47.7 Å². The van der Waals surface area contributed by atoms with E-state index in [2.05, 4.69) is 13.8 Å². The van der Waals surface area contributed by atoms with E-state index in [9.17, 15) is 9.59 Å². The minimum absolute atomic E-state index is 0.0398. The molecule has 0 N–H and O–H groups in total. The molecule has 2 aromatic rings. The van der Waals surface area contributed by atoms with Crippen LogP contribution >= 0.6 is 0 Å². The van der Waals surface area contributed by atoms with Crippen LogP contribution in [0.5, 0.6) is 0 Å². The van der Waals surface area contributed by atoms with Crippen molar-refractivity contribution in [3.8, 4) is 11.3 Å². The quantitative estimate of drug-likeness (QED) is 0.805. The van der Waals surface area contributed by atoms with Gasteiger partial charge in [0.2, 0.25) is 5.91 Å². The molecule has 2 aliphatic heterocycles. The highest BCUT2D eigenvalue weighted by Gasteiger charge is 2.50. The van der Waals surface area contributed by atoms with E-state index in [1.54, 1.807) is 0 Å². The highest BCUT2D eigenvalue weighted by Crippen LogP contribution is 2.41. The van der Waals surface area contributed by atoms with E-state index in [1.807, 2.05) is 53.1 Å². The first kappa shape index (κ1) is 18.8. The fraction of sp³-hybridized carbons (Fsp3) is 0.478. The first-order chi connectivity index (χ1) is 13.4. The van der Waals surface area contributed by atoms with Gasteiger partial charge in [0.05, 0.1) is 11.0 Å². The van der Waals surface area contributed by atoms with Crippen molar-refractivity contribution in [1.29, 1.82) is 0 Å². The summed E-state index contributed by atoms with van der Waals surface area (Å²) in [6.07, 6.45) is 2.62. The average molecular weight is 380 g/mol. The number of hydrogen-bond acceptors (Lipinski definition) is 3. The average Bonchev–Trinajstić information content (AvgIpc) is 3.29. The maximum Gasteiger partial charge on any atom is 0.257 e. The van der Waals surface area contributed by atoms with Crippen LogP contribution in [0.1, 0.15) is 49.2 Å². The molecule has 2 fully saturated rings. The molecule has 2 saturated heterocycles. The van der Waals surface area contributed by atoms with Gasteiger partial charge in [-0.2, -0.15) is 0 Å². The van der Waals surface area contributed by atoms with Crippen LogP contribution in [-0.4, -0.2) is 47.3 Å². The second-order valence-electron chi connectivity index (χ2n) is 8.42. The van der Waals surface area contributed by atoms with E-state index in [4.69, 9.17) is 4.42 Å². The van der Waals surface area contributed by atoms with Gasteiger partial charge in [-0.3, -0.25) is 9.59 Å². The number of rotatable bonds is 3. The van der Waals surface area contributed by atoms with E-state index in [1.165, 1.54) is 0 Å². The maximum absolute atomic E-state index is 13.3. The van der Waals surface area contributed by atoms with Gasteiger partial charge in [0.25, 0.3) is 5.91 Å². The van der Waals surface area contributed by atoms with E-state index >= 15 is 0 Å². The van der Waals surface area contributed by atoms with Crippen LogP contribution in [-0.2, 0) is 4.79 Å². The van der Waals surface area contributed by atoms with Crippen LogP contribution in [0.3, 0.4) is 0 Å². The van der Waals surface area contributed by atoms with Gasteiger partial charge in [-0.1, -0.05) is 30.3 Å². The van der Waals surface area contributed by atoms with E-state index in [0.717, 1.165) is 37.1 Å². The van der Waals surface area contributed by atoms with Gasteiger partial charge < -0.3 is 14.2 Å². The second-order valence-corrected chi connectivity index (χ2v) is 8.42. The van der Waals surface area contributed by atoms with E-state index in [-0.39, 0.29) is 17.9 Å². The van der Waals surface area contributed by atoms with Crippen molar-refractivity contribution >= 4 is 11.8 Å². The largest absolute Gasteiger partial charge is 0.461 e. The number of piperidine rings is 1. The molecule has 0 radical (unpaired) electrons. The molecule has 2 aliphatic rings. The van der Waals surface area contributed by atoms with Crippen LogP contribution < -0.4 is 0 Å². The maximum atomic E-state index is 13.3. The zero-order valence-corrected chi connectivity index (χ0v) is 16.9. The summed E-state index contributed by atoms with van der Waals surface area (Å²) in [6.45, 7) is 7.94. The van der Waals surface area contributed by atoms with Crippen LogP contribution in [0.4, 0.5) is 0 Å². The lowest BCUT2D eigenvalue weighted by molar-refractivity contribution is -0.147. The van der Waals surface area contributed by atoms with Crippen LogP contribution in [0.2, 0.25) is 0 Å². The Morgan fingerprint density at radius 1 is 1.14 bits per heavy atom. The number of carbonyl (C=O) groups is 2. The minimum Gasteiger partial charge on any atom is -0.461 e. The zero-order valence-electron chi connectivity index (χ0n) is 16.9. The van der Waals surface area contributed by atoms with Crippen molar-refractivity contribution in [3.63, 3.8) is 0 Å². The standard InChI is InChI=1S/C23H28N2O3/c1-16(2)25-12-7-10-23(22(25)27)11-13-24(15-23)21(26)19-14-17(3)28-20(19)18-8-5-4-6-9-18/h4-6,8-9,14,16H,7,10-13,15H2,1-3H3/t23-/m0/s1. The van der Waals surface area contributed by atoms with Crippen LogP contribution in [0.25, 0.3) is 11.3 Å². The van der Waals surface area contributed by atoms with Gasteiger partial charge in [-0.15, -0.1) is 0 Å². The Labute approximate surface area is 166 Å². The molecule has 0 saturated carbocycles. The highest BCUT2D eigenvalue weighted by atomic mass is 16.3. The number of furan rings is 1. The Kier molecular flexibility index (Phi) is 4.77. The number of likely N-dealkylation sites (tertiary alicyclic amines) is 2. The fourth-order valence-electron chi connectivity index (χ4n) is 4.67. The molecular weight excluding hydrogens is 352 g/mol. The van der Waals surface area contributed by atoms with Gasteiger partial charge in [-0.05, 0) is 46.1 Å².